The van der Waals surface area contributed by atoms with Crippen LogP contribution in [-0.4, -0.2) is 74.7 Å². The summed E-state index contributed by atoms with van der Waals surface area (Å²) in [5.74, 6) is -0.179. The fourth-order valence-electron chi connectivity index (χ4n) is 7.07. The first-order valence-electron chi connectivity index (χ1n) is 10.2. The molecule has 0 aromatic heterocycles. The minimum absolute atomic E-state index is 0.0416. The van der Waals surface area contributed by atoms with Crippen LogP contribution < -0.4 is 4.74 Å². The van der Waals surface area contributed by atoms with Gasteiger partial charge in [0.1, 0.15) is 11.6 Å². The maximum Gasteiger partial charge on any atom is 0.200 e. The number of nitrogens with zero attached hydrogens (tertiary/aromatic N) is 1. The third-order valence-corrected chi connectivity index (χ3v) is 8.53. The van der Waals surface area contributed by atoms with E-state index in [2.05, 4.69) is 7.05 Å². The largest absolute Gasteiger partial charge is 0.504 e. The number of aliphatic hydroxyl groups is 2. The Morgan fingerprint density at radius 2 is 2.07 bits per heavy atom. The highest BCUT2D eigenvalue weighted by Gasteiger charge is 2.76. The molecule has 150 valence electrons. The molecular weight excluding hydrogens is 362 g/mol. The van der Waals surface area contributed by atoms with E-state index in [4.69, 9.17) is 4.74 Å². The van der Waals surface area contributed by atoms with Gasteiger partial charge in [-0.1, -0.05) is 0 Å². The van der Waals surface area contributed by atoms with Gasteiger partial charge in [0, 0.05) is 30.7 Å². The Kier molecular flexibility index (Phi) is 2.94. The summed E-state index contributed by atoms with van der Waals surface area (Å²) in [5.41, 5.74) is -0.379. The molecule has 6 rings (SSSR count). The summed E-state index contributed by atoms with van der Waals surface area (Å²) in [5, 5.41) is 42.7. The Balaban J connectivity index is 1.58. The van der Waals surface area contributed by atoms with E-state index in [0.29, 0.717) is 23.7 Å². The number of rotatable bonds is 2. The molecule has 2 heterocycles. The van der Waals surface area contributed by atoms with Crippen molar-refractivity contribution < 1.29 is 34.4 Å². The number of Topliss-reactive ketones (excluding diaryl/α,β-unsaturated/α-hetero) is 1. The second-order valence-electron chi connectivity index (χ2n) is 9.89. The monoisotopic (exact) mass is 388 g/mol. The van der Waals surface area contributed by atoms with Crippen molar-refractivity contribution in [1.29, 1.82) is 0 Å². The summed E-state index contributed by atoms with van der Waals surface area (Å²) in [6.07, 6.45) is 1.52. The first kappa shape index (κ1) is 17.1. The van der Waals surface area contributed by atoms with E-state index < -0.39 is 17.1 Å². The highest BCUT2D eigenvalue weighted by molar-refractivity contribution is 5.90. The molecule has 5 aliphatic rings. The third-order valence-electron chi connectivity index (χ3n) is 8.53. The van der Waals surface area contributed by atoms with E-state index in [1.165, 1.54) is 0 Å². The van der Waals surface area contributed by atoms with Crippen LogP contribution in [0.3, 0.4) is 0 Å². The number of benzene rings is 1. The molecule has 4 N–H and O–H groups in total. The van der Waals surface area contributed by atoms with Gasteiger partial charge in [-0.05, 0) is 24.5 Å². The smallest absolute Gasteiger partial charge is 0.200 e. The fourth-order valence-corrected chi connectivity index (χ4v) is 7.07. The number of hydrogen-bond acceptors (Lipinski definition) is 6. The molecule has 1 spiro atoms. The van der Waals surface area contributed by atoms with Crippen molar-refractivity contribution in [3.63, 3.8) is 0 Å². The van der Waals surface area contributed by atoms with Gasteiger partial charge in [0.15, 0.2) is 23.4 Å². The number of carbonyl (C=O) groups is 1. The number of ketones is 1. The van der Waals surface area contributed by atoms with E-state index in [1.54, 1.807) is 6.07 Å². The van der Waals surface area contributed by atoms with Crippen LogP contribution in [0.4, 0.5) is 0 Å². The number of phenols is 2. The molecular formula is C21H26NO6+. The molecule has 1 saturated heterocycles. The molecule has 2 bridgehead atoms. The van der Waals surface area contributed by atoms with Crippen molar-refractivity contribution in [2.45, 2.75) is 61.4 Å². The second-order valence-corrected chi connectivity index (χ2v) is 9.89. The predicted molar refractivity (Wildman–Crippen MR) is 97.2 cm³/mol. The maximum atomic E-state index is 12.8. The zero-order valence-electron chi connectivity index (χ0n) is 15.9. The van der Waals surface area contributed by atoms with Crippen molar-refractivity contribution in [2.75, 3.05) is 20.1 Å². The van der Waals surface area contributed by atoms with Crippen molar-refractivity contribution in [1.82, 2.24) is 0 Å². The molecule has 2 unspecified atom stereocenters. The molecule has 7 atom stereocenters. The van der Waals surface area contributed by atoms with Crippen LogP contribution in [0.25, 0.3) is 0 Å². The highest BCUT2D eigenvalue weighted by Crippen LogP contribution is 2.66. The van der Waals surface area contributed by atoms with Crippen LogP contribution in [0.15, 0.2) is 6.07 Å². The van der Waals surface area contributed by atoms with Crippen molar-refractivity contribution in [3.05, 3.63) is 17.2 Å². The van der Waals surface area contributed by atoms with Gasteiger partial charge in [-0.25, -0.2) is 0 Å². The molecule has 7 nitrogen and oxygen atoms in total. The third kappa shape index (κ3) is 1.71. The van der Waals surface area contributed by atoms with Gasteiger partial charge in [0.25, 0.3) is 0 Å². The topological polar surface area (TPSA) is 107 Å². The SMILES string of the molecule is C[N@+]1(CC2CC2O)CC[C@]23c4c5cc(O)c(O)c4O[C@H]2C(=O)CC[C@@]3(O)[C@@H]1C5. The molecule has 1 aromatic rings. The van der Waals surface area contributed by atoms with Crippen LogP contribution in [0, 0.1) is 5.92 Å². The lowest BCUT2D eigenvalue weighted by atomic mass is 9.48. The van der Waals surface area contributed by atoms with Crippen molar-refractivity contribution in [2.24, 2.45) is 5.92 Å². The summed E-state index contributed by atoms with van der Waals surface area (Å²) < 4.78 is 6.63. The van der Waals surface area contributed by atoms with E-state index >= 15 is 0 Å². The quantitative estimate of drug-likeness (QED) is 0.430. The number of likely N-dealkylation sites (tertiary alicyclic amines) is 1. The maximum absolute atomic E-state index is 12.8. The Labute approximate surface area is 162 Å². The van der Waals surface area contributed by atoms with Crippen LogP contribution in [0.5, 0.6) is 17.2 Å². The molecule has 0 radical (unpaired) electrons. The number of piperidine rings is 1. The average Bonchev–Trinajstić information content (AvgIpc) is 3.19. The zero-order chi connectivity index (χ0) is 19.6. The number of phenolic OH excluding ortho intramolecular Hbond substituents is 2. The number of hydrogen-bond donors (Lipinski definition) is 4. The molecule has 1 aromatic carbocycles. The molecule has 3 fully saturated rings. The molecule has 7 heteroatoms. The normalized spacial score (nSPS) is 47.5. The lowest BCUT2D eigenvalue weighted by Crippen LogP contribution is -2.80. The number of quaternary nitrogens is 1. The first-order valence-corrected chi connectivity index (χ1v) is 10.2. The van der Waals surface area contributed by atoms with Gasteiger partial charge in [0.05, 0.1) is 31.7 Å². The van der Waals surface area contributed by atoms with Crippen molar-refractivity contribution >= 4 is 5.78 Å². The minimum Gasteiger partial charge on any atom is -0.504 e. The number of likely N-dealkylation sites (N-methyl/N-ethyl adjacent to an activating group) is 1. The van der Waals surface area contributed by atoms with Gasteiger partial charge < -0.3 is 29.6 Å². The van der Waals surface area contributed by atoms with Crippen LogP contribution >= 0.6 is 0 Å². The molecule has 2 saturated carbocycles. The summed E-state index contributed by atoms with van der Waals surface area (Å²) in [4.78, 5) is 12.8. The van der Waals surface area contributed by atoms with Gasteiger partial charge in [-0.15, -0.1) is 0 Å². The fraction of sp³-hybridized carbons (Fsp3) is 0.667. The molecule has 3 aliphatic carbocycles. The Morgan fingerprint density at radius 1 is 1.32 bits per heavy atom. The average molecular weight is 388 g/mol. The number of ether oxygens (including phenoxy) is 1. The molecule has 2 aliphatic heterocycles. The predicted octanol–water partition coefficient (Wildman–Crippen LogP) is 0.346. The lowest BCUT2D eigenvalue weighted by Gasteiger charge is -2.64. The Bertz CT molecular complexity index is 932. The van der Waals surface area contributed by atoms with E-state index in [1.807, 2.05) is 0 Å². The van der Waals surface area contributed by atoms with Gasteiger partial charge in [0.2, 0.25) is 5.75 Å². The molecule has 28 heavy (non-hydrogen) atoms. The van der Waals surface area contributed by atoms with Gasteiger partial charge in [-0.3, -0.25) is 4.79 Å². The number of aliphatic hydroxyl groups excluding tert-OH is 1. The van der Waals surface area contributed by atoms with Crippen LogP contribution in [0.1, 0.15) is 36.8 Å². The number of carbonyl (C=O) groups excluding carboxylic acids is 1. The Hall–Kier alpha value is -1.83. The zero-order valence-corrected chi connectivity index (χ0v) is 15.9. The summed E-state index contributed by atoms with van der Waals surface area (Å²) in [6.45, 7) is 1.58. The second kappa shape index (κ2) is 4.83. The van der Waals surface area contributed by atoms with Crippen LogP contribution in [0.2, 0.25) is 0 Å². The van der Waals surface area contributed by atoms with Gasteiger partial charge in [-0.2, -0.15) is 0 Å². The van der Waals surface area contributed by atoms with Crippen molar-refractivity contribution in [3.8, 4) is 17.2 Å². The number of aromatic hydroxyl groups is 2. The molecule has 0 amide bonds. The van der Waals surface area contributed by atoms with E-state index in [0.717, 1.165) is 30.6 Å². The van der Waals surface area contributed by atoms with Crippen LogP contribution in [-0.2, 0) is 16.6 Å². The summed E-state index contributed by atoms with van der Waals surface area (Å²) >= 11 is 0. The van der Waals surface area contributed by atoms with E-state index in [9.17, 15) is 25.2 Å². The highest BCUT2D eigenvalue weighted by atomic mass is 16.5. The summed E-state index contributed by atoms with van der Waals surface area (Å²) in [7, 11) is 2.15. The van der Waals surface area contributed by atoms with Gasteiger partial charge >= 0.3 is 0 Å². The minimum atomic E-state index is -1.11. The standard InChI is InChI=1S/C21H25NO6/c1-22(9-11-7-13(11)24)5-4-20-16-10-6-14(25)17(26)18(16)28-19(20)12(23)2-3-21(20,27)15(22)8-10/h6,11,13,15,19,24,27H,2-5,7-9H2,1H3,(H-,25,26)/p+1/t11?,13?,15-,19-,20-,21+,22+/m0/s1. The first-order chi connectivity index (χ1) is 13.2. The Morgan fingerprint density at radius 3 is 2.79 bits per heavy atom. The lowest BCUT2D eigenvalue weighted by molar-refractivity contribution is -0.950. The summed E-state index contributed by atoms with van der Waals surface area (Å²) in [6, 6.07) is 1.44. The van der Waals surface area contributed by atoms with E-state index in [-0.39, 0.29) is 47.5 Å².